The maximum atomic E-state index is 13.1. The molecule has 3 aromatic carbocycles. The number of nitrogens with zero attached hydrogens (tertiary/aromatic N) is 2. The Hall–Kier alpha value is -4.20. The average Bonchev–Trinajstić information content (AvgIpc) is 3.35. The van der Waals surface area contributed by atoms with Gasteiger partial charge in [0.05, 0.1) is 45.5 Å². The van der Waals surface area contributed by atoms with Crippen LogP contribution >= 0.6 is 0 Å². The van der Waals surface area contributed by atoms with Gasteiger partial charge >= 0.3 is 0 Å². The number of para-hydroxylation sites is 2. The number of aromatic nitrogens is 2. The summed E-state index contributed by atoms with van der Waals surface area (Å²) in [6, 6.07) is 19.7. The first-order valence-corrected chi connectivity index (χ1v) is 13.7. The van der Waals surface area contributed by atoms with Crippen LogP contribution in [0.3, 0.4) is 0 Å². The third-order valence-electron chi connectivity index (χ3n) is 7.17. The molecule has 212 valence electrons. The van der Waals surface area contributed by atoms with Gasteiger partial charge in [0, 0.05) is 12.1 Å². The fourth-order valence-electron chi connectivity index (χ4n) is 4.67. The Morgan fingerprint density at radius 3 is 2.30 bits per heavy atom. The number of methoxy groups -OCH3 is 3. The van der Waals surface area contributed by atoms with Crippen LogP contribution in [0.1, 0.15) is 60.8 Å². The lowest BCUT2D eigenvalue weighted by Crippen LogP contribution is -2.25. The molecule has 1 aromatic heterocycles. The monoisotopic (exact) mass is 545 g/mol. The van der Waals surface area contributed by atoms with Crippen molar-refractivity contribution in [3.63, 3.8) is 0 Å². The maximum absolute atomic E-state index is 13.1. The van der Waals surface area contributed by atoms with Gasteiger partial charge in [0.15, 0.2) is 11.5 Å². The largest absolute Gasteiger partial charge is 0.494 e. The number of benzene rings is 3. The van der Waals surface area contributed by atoms with Crippen molar-refractivity contribution in [1.82, 2.24) is 14.9 Å². The Morgan fingerprint density at radius 2 is 1.65 bits per heavy atom. The van der Waals surface area contributed by atoms with Gasteiger partial charge in [-0.2, -0.15) is 0 Å². The zero-order valence-corrected chi connectivity index (χ0v) is 24.0. The molecule has 0 radical (unpaired) electrons. The molecule has 0 aliphatic rings. The molecule has 0 aliphatic carbocycles. The molecule has 0 aliphatic heterocycles. The van der Waals surface area contributed by atoms with Crippen molar-refractivity contribution in [1.29, 1.82) is 0 Å². The summed E-state index contributed by atoms with van der Waals surface area (Å²) in [4.78, 5) is 17.9. The van der Waals surface area contributed by atoms with Crippen molar-refractivity contribution >= 4 is 16.9 Å². The summed E-state index contributed by atoms with van der Waals surface area (Å²) in [6.45, 7) is 6.13. The summed E-state index contributed by atoms with van der Waals surface area (Å²) in [6.07, 6.45) is 2.94. The average molecular weight is 546 g/mol. The van der Waals surface area contributed by atoms with Crippen LogP contribution in [0.2, 0.25) is 0 Å². The normalized spacial score (nSPS) is 11.7. The number of carbonyl (C=O) groups excluding carboxylic acids is 1. The highest BCUT2D eigenvalue weighted by Crippen LogP contribution is 2.38. The SMILES string of the molecule is CCC(C)c1ccc(OCCCCn2c(CNC(=O)c3cc(OC)c(OC)c(OC)c3)nc3ccccc32)cc1. The van der Waals surface area contributed by atoms with Crippen LogP contribution in [-0.4, -0.2) is 43.4 Å². The summed E-state index contributed by atoms with van der Waals surface area (Å²) in [5.74, 6) is 3.28. The zero-order chi connectivity index (χ0) is 28.5. The van der Waals surface area contributed by atoms with Gasteiger partial charge in [-0.25, -0.2) is 4.98 Å². The van der Waals surface area contributed by atoms with Gasteiger partial charge in [-0.3, -0.25) is 4.79 Å². The van der Waals surface area contributed by atoms with Crippen LogP contribution in [0.25, 0.3) is 11.0 Å². The molecule has 1 amide bonds. The molecule has 1 atom stereocenters. The molecule has 1 N–H and O–H groups in total. The summed E-state index contributed by atoms with van der Waals surface area (Å²) < 4.78 is 24.3. The Morgan fingerprint density at radius 1 is 0.950 bits per heavy atom. The van der Waals surface area contributed by atoms with E-state index in [2.05, 4.69) is 54.1 Å². The third kappa shape index (κ3) is 6.68. The molecule has 4 rings (SSSR count). The molecular formula is C32H39N3O5. The first-order valence-electron chi connectivity index (χ1n) is 13.7. The number of rotatable bonds is 14. The highest BCUT2D eigenvalue weighted by molar-refractivity contribution is 5.95. The lowest BCUT2D eigenvalue weighted by atomic mass is 9.99. The number of unbranched alkanes of at least 4 members (excludes halogenated alkanes) is 1. The minimum absolute atomic E-state index is 0.259. The van der Waals surface area contributed by atoms with Crippen LogP contribution in [-0.2, 0) is 13.1 Å². The molecule has 8 nitrogen and oxygen atoms in total. The first-order chi connectivity index (χ1) is 19.5. The van der Waals surface area contributed by atoms with Crippen LogP contribution in [0.5, 0.6) is 23.0 Å². The molecule has 0 saturated carbocycles. The van der Waals surface area contributed by atoms with Gasteiger partial charge < -0.3 is 28.8 Å². The van der Waals surface area contributed by atoms with E-state index in [0.29, 0.717) is 35.3 Å². The fourth-order valence-corrected chi connectivity index (χ4v) is 4.67. The van der Waals surface area contributed by atoms with E-state index in [1.807, 2.05) is 18.2 Å². The summed E-state index contributed by atoms with van der Waals surface area (Å²) in [7, 11) is 4.58. The van der Waals surface area contributed by atoms with E-state index >= 15 is 0 Å². The van der Waals surface area contributed by atoms with Crippen LogP contribution in [0.4, 0.5) is 0 Å². The molecule has 8 heteroatoms. The fraction of sp³-hybridized carbons (Fsp3) is 0.375. The Balaban J connectivity index is 1.38. The highest BCUT2D eigenvalue weighted by atomic mass is 16.5. The van der Waals surface area contributed by atoms with E-state index in [4.69, 9.17) is 23.9 Å². The van der Waals surface area contributed by atoms with E-state index in [9.17, 15) is 4.79 Å². The van der Waals surface area contributed by atoms with Gasteiger partial charge in [0.2, 0.25) is 5.75 Å². The van der Waals surface area contributed by atoms with Crippen molar-refractivity contribution in [2.75, 3.05) is 27.9 Å². The standard InChI is InChI=1S/C32H39N3O5/c1-6-22(2)23-13-15-25(16-14-23)40-18-10-9-17-35-27-12-8-7-11-26(27)34-30(35)21-33-32(36)24-19-28(37-3)31(39-5)29(20-24)38-4/h7-8,11-16,19-20,22H,6,9-10,17-18,21H2,1-5H3,(H,33,36). The number of ether oxygens (including phenoxy) is 4. The van der Waals surface area contributed by atoms with Crippen molar-refractivity contribution < 1.29 is 23.7 Å². The number of fused-ring (bicyclic) bond motifs is 1. The van der Waals surface area contributed by atoms with Gasteiger partial charge in [-0.15, -0.1) is 0 Å². The number of aryl methyl sites for hydroxylation is 1. The Kier molecular flexibility index (Phi) is 9.89. The van der Waals surface area contributed by atoms with Crippen molar-refractivity contribution in [2.24, 2.45) is 0 Å². The van der Waals surface area contributed by atoms with E-state index in [-0.39, 0.29) is 12.5 Å². The molecule has 4 aromatic rings. The van der Waals surface area contributed by atoms with Gasteiger partial charge in [-0.1, -0.05) is 38.1 Å². The third-order valence-corrected chi connectivity index (χ3v) is 7.17. The molecular weight excluding hydrogens is 506 g/mol. The number of imidazole rings is 1. The molecule has 1 unspecified atom stereocenters. The lowest BCUT2D eigenvalue weighted by molar-refractivity contribution is 0.0948. The molecule has 40 heavy (non-hydrogen) atoms. The number of hydrogen-bond donors (Lipinski definition) is 1. The topological polar surface area (TPSA) is 83.8 Å². The molecule has 1 heterocycles. The molecule has 0 spiro atoms. The Bertz CT molecular complexity index is 1390. The molecule has 0 bridgehead atoms. The smallest absolute Gasteiger partial charge is 0.251 e. The predicted octanol–water partition coefficient (Wildman–Crippen LogP) is 6.36. The lowest BCUT2D eigenvalue weighted by Gasteiger charge is -2.14. The predicted molar refractivity (Wildman–Crippen MR) is 157 cm³/mol. The minimum atomic E-state index is -0.259. The van der Waals surface area contributed by atoms with Crippen LogP contribution in [0.15, 0.2) is 60.7 Å². The van der Waals surface area contributed by atoms with E-state index < -0.39 is 0 Å². The van der Waals surface area contributed by atoms with E-state index in [1.54, 1.807) is 12.1 Å². The quantitative estimate of drug-likeness (QED) is 0.186. The number of hydrogen-bond acceptors (Lipinski definition) is 6. The van der Waals surface area contributed by atoms with Gasteiger partial charge in [0.25, 0.3) is 5.91 Å². The van der Waals surface area contributed by atoms with E-state index in [0.717, 1.165) is 48.4 Å². The molecule has 0 saturated heterocycles. The van der Waals surface area contributed by atoms with Crippen LogP contribution < -0.4 is 24.3 Å². The highest BCUT2D eigenvalue weighted by Gasteiger charge is 2.18. The van der Waals surface area contributed by atoms with E-state index in [1.165, 1.54) is 26.9 Å². The number of nitrogens with one attached hydrogen (secondary N) is 1. The summed E-state index contributed by atoms with van der Waals surface area (Å²) >= 11 is 0. The number of carbonyl (C=O) groups is 1. The van der Waals surface area contributed by atoms with Crippen molar-refractivity contribution in [3.05, 3.63) is 77.6 Å². The van der Waals surface area contributed by atoms with Crippen molar-refractivity contribution in [3.8, 4) is 23.0 Å². The van der Waals surface area contributed by atoms with Crippen molar-refractivity contribution in [2.45, 2.75) is 52.1 Å². The summed E-state index contributed by atoms with van der Waals surface area (Å²) in [5.41, 5.74) is 3.69. The Labute approximate surface area is 236 Å². The number of amides is 1. The summed E-state index contributed by atoms with van der Waals surface area (Å²) in [5, 5.41) is 3.00. The second kappa shape index (κ2) is 13.7. The second-order valence-corrected chi connectivity index (χ2v) is 9.70. The molecule has 0 fully saturated rings. The minimum Gasteiger partial charge on any atom is -0.494 e. The second-order valence-electron chi connectivity index (χ2n) is 9.70. The van der Waals surface area contributed by atoms with Gasteiger partial charge in [-0.05, 0) is 67.1 Å². The van der Waals surface area contributed by atoms with Crippen LogP contribution in [0, 0.1) is 0 Å². The first kappa shape index (κ1) is 28.8. The van der Waals surface area contributed by atoms with Gasteiger partial charge in [0.1, 0.15) is 11.6 Å². The zero-order valence-electron chi connectivity index (χ0n) is 24.0. The maximum Gasteiger partial charge on any atom is 0.251 e.